The van der Waals surface area contributed by atoms with Crippen LogP contribution in [0.1, 0.15) is 38.1 Å². The summed E-state index contributed by atoms with van der Waals surface area (Å²) in [5, 5.41) is 6.63. The molecule has 0 bridgehead atoms. The highest BCUT2D eigenvalue weighted by atomic mass is 16.6. The van der Waals surface area contributed by atoms with Crippen LogP contribution in [0.15, 0.2) is 12.4 Å². The van der Waals surface area contributed by atoms with Crippen molar-refractivity contribution in [3.05, 3.63) is 18.0 Å². The minimum absolute atomic E-state index is 0.0265. The first-order chi connectivity index (χ1) is 8.28. The van der Waals surface area contributed by atoms with Gasteiger partial charge < -0.3 is 10.1 Å². The number of nitrogens with zero attached hydrogens (tertiary/aromatic N) is 2. The predicted octanol–water partition coefficient (Wildman–Crippen LogP) is 1.61. The summed E-state index contributed by atoms with van der Waals surface area (Å²) in [5.41, 5.74) is 0.0599. The molecular formula is C12H19N3O3. The molecule has 1 amide bonds. The largest absolute Gasteiger partial charge is 0.444 e. The number of alkyl carbamates (subject to hydrolysis) is 1. The Balaban J connectivity index is 2.33. The van der Waals surface area contributed by atoms with Crippen molar-refractivity contribution in [2.75, 3.05) is 6.54 Å². The summed E-state index contributed by atoms with van der Waals surface area (Å²) in [4.78, 5) is 22.4. The number of Topliss-reactive ketones (excluding diaryl/α,β-unsaturated/α-hetero) is 1. The van der Waals surface area contributed by atoms with Gasteiger partial charge in [-0.15, -0.1) is 0 Å². The number of ether oxygens (including phenoxy) is 1. The Labute approximate surface area is 106 Å². The molecule has 0 aromatic carbocycles. The molecule has 0 aliphatic rings. The SMILES string of the molecule is CC(=O)c1cnn(CCNC(=O)OC(C)(C)C)c1. The van der Waals surface area contributed by atoms with Gasteiger partial charge in [0.25, 0.3) is 0 Å². The van der Waals surface area contributed by atoms with Gasteiger partial charge in [-0.1, -0.05) is 0 Å². The fourth-order valence-electron chi connectivity index (χ4n) is 1.25. The first kappa shape index (κ1) is 14.2. The smallest absolute Gasteiger partial charge is 0.407 e. The Morgan fingerprint density at radius 2 is 2.11 bits per heavy atom. The molecule has 1 N–H and O–H groups in total. The van der Waals surface area contributed by atoms with Crippen LogP contribution in [0, 0.1) is 0 Å². The average molecular weight is 253 g/mol. The monoisotopic (exact) mass is 253 g/mol. The summed E-state index contributed by atoms with van der Waals surface area (Å²) in [7, 11) is 0. The van der Waals surface area contributed by atoms with Crippen molar-refractivity contribution in [3.63, 3.8) is 0 Å². The van der Waals surface area contributed by atoms with Crippen molar-refractivity contribution in [2.24, 2.45) is 0 Å². The summed E-state index contributed by atoms with van der Waals surface area (Å²) >= 11 is 0. The Hall–Kier alpha value is -1.85. The standard InChI is InChI=1S/C12H19N3O3/c1-9(16)10-7-14-15(8-10)6-5-13-11(17)18-12(2,3)4/h7-8H,5-6H2,1-4H3,(H,13,17). The summed E-state index contributed by atoms with van der Waals surface area (Å²) in [6, 6.07) is 0. The van der Waals surface area contributed by atoms with Crippen molar-refractivity contribution in [2.45, 2.75) is 39.8 Å². The first-order valence-electron chi connectivity index (χ1n) is 5.78. The third kappa shape index (κ3) is 4.99. The van der Waals surface area contributed by atoms with E-state index in [-0.39, 0.29) is 5.78 Å². The molecule has 100 valence electrons. The highest BCUT2D eigenvalue weighted by Crippen LogP contribution is 2.06. The van der Waals surface area contributed by atoms with Crippen LogP contribution in [-0.4, -0.2) is 33.8 Å². The zero-order valence-electron chi connectivity index (χ0n) is 11.2. The lowest BCUT2D eigenvalue weighted by Gasteiger charge is -2.19. The lowest BCUT2D eigenvalue weighted by Crippen LogP contribution is -2.34. The van der Waals surface area contributed by atoms with E-state index in [4.69, 9.17) is 4.74 Å². The second kappa shape index (κ2) is 5.66. The molecule has 0 spiro atoms. The number of rotatable bonds is 4. The maximum atomic E-state index is 11.3. The second-order valence-corrected chi connectivity index (χ2v) is 4.98. The zero-order chi connectivity index (χ0) is 13.8. The minimum atomic E-state index is -0.502. The fourth-order valence-corrected chi connectivity index (χ4v) is 1.25. The van der Waals surface area contributed by atoms with Gasteiger partial charge in [0.15, 0.2) is 5.78 Å². The maximum absolute atomic E-state index is 11.3. The number of nitrogens with one attached hydrogen (secondary N) is 1. The van der Waals surface area contributed by atoms with Gasteiger partial charge in [0.05, 0.1) is 18.3 Å². The van der Waals surface area contributed by atoms with Crippen LogP contribution in [0.2, 0.25) is 0 Å². The molecule has 1 heterocycles. The molecular weight excluding hydrogens is 234 g/mol. The lowest BCUT2D eigenvalue weighted by atomic mass is 10.2. The van der Waals surface area contributed by atoms with Crippen LogP contribution in [0.4, 0.5) is 4.79 Å². The Bertz CT molecular complexity index is 432. The van der Waals surface area contributed by atoms with Gasteiger partial charge in [-0.2, -0.15) is 5.10 Å². The van der Waals surface area contributed by atoms with Crippen LogP contribution in [-0.2, 0) is 11.3 Å². The second-order valence-electron chi connectivity index (χ2n) is 4.98. The van der Waals surface area contributed by atoms with E-state index in [1.165, 1.54) is 13.1 Å². The van der Waals surface area contributed by atoms with Gasteiger partial charge in [-0.05, 0) is 27.7 Å². The fraction of sp³-hybridized carbons (Fsp3) is 0.583. The van der Waals surface area contributed by atoms with Crippen molar-refractivity contribution >= 4 is 11.9 Å². The molecule has 0 saturated heterocycles. The number of aromatic nitrogens is 2. The van der Waals surface area contributed by atoms with Crippen molar-refractivity contribution in [3.8, 4) is 0 Å². The maximum Gasteiger partial charge on any atom is 0.407 e. The Morgan fingerprint density at radius 1 is 1.44 bits per heavy atom. The Morgan fingerprint density at radius 3 is 2.61 bits per heavy atom. The molecule has 0 saturated carbocycles. The summed E-state index contributed by atoms with van der Waals surface area (Å²) in [6.45, 7) is 7.79. The third-order valence-corrected chi connectivity index (χ3v) is 2.05. The quantitative estimate of drug-likeness (QED) is 0.827. The van der Waals surface area contributed by atoms with E-state index in [1.807, 2.05) is 0 Å². The molecule has 1 rings (SSSR count). The van der Waals surface area contributed by atoms with Crippen molar-refractivity contribution in [1.82, 2.24) is 15.1 Å². The van der Waals surface area contributed by atoms with Crippen molar-refractivity contribution in [1.29, 1.82) is 0 Å². The first-order valence-corrected chi connectivity index (χ1v) is 5.78. The summed E-state index contributed by atoms with van der Waals surface area (Å²) < 4.78 is 6.69. The molecule has 6 nitrogen and oxygen atoms in total. The average Bonchev–Trinajstić information content (AvgIpc) is 2.63. The molecule has 0 radical (unpaired) electrons. The number of carbonyl (C=O) groups is 2. The number of carbonyl (C=O) groups excluding carboxylic acids is 2. The number of hydrogen-bond donors (Lipinski definition) is 1. The van der Waals surface area contributed by atoms with E-state index in [2.05, 4.69) is 10.4 Å². The van der Waals surface area contributed by atoms with Gasteiger partial charge in [-0.25, -0.2) is 4.79 Å². The highest BCUT2D eigenvalue weighted by molar-refractivity contribution is 5.93. The molecule has 0 unspecified atom stereocenters. The number of hydrogen-bond acceptors (Lipinski definition) is 4. The Kier molecular flexibility index (Phi) is 4.47. The van der Waals surface area contributed by atoms with Crippen LogP contribution >= 0.6 is 0 Å². The van der Waals surface area contributed by atoms with Crippen LogP contribution in [0.25, 0.3) is 0 Å². The van der Waals surface area contributed by atoms with Crippen LogP contribution < -0.4 is 5.32 Å². The van der Waals surface area contributed by atoms with E-state index in [9.17, 15) is 9.59 Å². The zero-order valence-corrected chi connectivity index (χ0v) is 11.2. The summed E-state index contributed by atoms with van der Waals surface area (Å²) in [5.74, 6) is -0.0265. The van der Waals surface area contributed by atoms with E-state index in [0.717, 1.165) is 0 Å². The van der Waals surface area contributed by atoms with E-state index in [1.54, 1.807) is 31.6 Å². The molecule has 6 heteroatoms. The van der Waals surface area contributed by atoms with Gasteiger partial charge in [0.2, 0.25) is 0 Å². The third-order valence-electron chi connectivity index (χ3n) is 2.05. The van der Waals surface area contributed by atoms with E-state index >= 15 is 0 Å². The molecule has 18 heavy (non-hydrogen) atoms. The van der Waals surface area contributed by atoms with Crippen molar-refractivity contribution < 1.29 is 14.3 Å². The summed E-state index contributed by atoms with van der Waals surface area (Å²) in [6.07, 6.45) is 2.70. The normalized spacial score (nSPS) is 11.1. The molecule has 1 aromatic heterocycles. The van der Waals surface area contributed by atoms with Gasteiger partial charge in [0, 0.05) is 12.7 Å². The topological polar surface area (TPSA) is 73.2 Å². The van der Waals surface area contributed by atoms with Gasteiger partial charge >= 0.3 is 6.09 Å². The van der Waals surface area contributed by atoms with E-state index in [0.29, 0.717) is 18.7 Å². The molecule has 1 aromatic rings. The highest BCUT2D eigenvalue weighted by Gasteiger charge is 2.15. The van der Waals surface area contributed by atoms with Gasteiger partial charge in [0.1, 0.15) is 5.60 Å². The minimum Gasteiger partial charge on any atom is -0.444 e. The molecule has 0 fully saturated rings. The lowest BCUT2D eigenvalue weighted by molar-refractivity contribution is 0.0525. The van der Waals surface area contributed by atoms with E-state index < -0.39 is 11.7 Å². The predicted molar refractivity (Wildman–Crippen MR) is 66.5 cm³/mol. The molecule has 0 aliphatic carbocycles. The van der Waals surface area contributed by atoms with Crippen LogP contribution in [0.5, 0.6) is 0 Å². The number of amides is 1. The number of ketones is 1. The molecule has 0 atom stereocenters. The van der Waals surface area contributed by atoms with Gasteiger partial charge in [-0.3, -0.25) is 9.48 Å². The van der Waals surface area contributed by atoms with Crippen LogP contribution in [0.3, 0.4) is 0 Å². The molecule has 0 aliphatic heterocycles.